The van der Waals surface area contributed by atoms with Crippen molar-refractivity contribution in [2.75, 3.05) is 10.6 Å². The quantitative estimate of drug-likeness (QED) is 0.391. The lowest BCUT2D eigenvalue weighted by atomic mass is 10.3. The van der Waals surface area contributed by atoms with Crippen molar-refractivity contribution in [2.24, 2.45) is 0 Å². The number of fused-ring (bicyclic) bond motifs is 1. The number of thiazole rings is 1. The highest BCUT2D eigenvalue weighted by Gasteiger charge is 2.24. The zero-order valence-corrected chi connectivity index (χ0v) is 14.9. The number of nitrogens with zero attached hydrogens (tertiary/aromatic N) is 5. The number of hydrogen-bond donors (Lipinski definition) is 2. The predicted octanol–water partition coefficient (Wildman–Crippen LogP) is 4.19. The lowest BCUT2D eigenvalue weighted by Crippen LogP contribution is -2.06. The van der Waals surface area contributed by atoms with Crippen LogP contribution in [0.25, 0.3) is 10.2 Å². The number of aromatic nitrogens is 4. The standard InChI is InChI=1S/C17H13N7O2S/c1-10-6-7-13(18-8-10)22-15-14(24(25)26)16(20-9-19-15)23-17-21-11-4-2-3-5-12(11)27-17/h2-9H,1H3,(H2,18,19,20,21,22,23). The molecule has 0 amide bonds. The summed E-state index contributed by atoms with van der Waals surface area (Å²) < 4.78 is 0.971. The van der Waals surface area contributed by atoms with Crippen LogP contribution in [0.3, 0.4) is 0 Å². The molecule has 134 valence electrons. The van der Waals surface area contributed by atoms with Gasteiger partial charge in [0.2, 0.25) is 11.6 Å². The Morgan fingerprint density at radius 2 is 1.81 bits per heavy atom. The lowest BCUT2D eigenvalue weighted by Gasteiger charge is -2.08. The fraction of sp³-hybridized carbons (Fsp3) is 0.0588. The van der Waals surface area contributed by atoms with Gasteiger partial charge in [-0.1, -0.05) is 29.5 Å². The second-order valence-corrected chi connectivity index (χ2v) is 6.66. The average Bonchev–Trinajstić information content (AvgIpc) is 3.06. The van der Waals surface area contributed by atoms with Crippen molar-refractivity contribution in [2.45, 2.75) is 6.92 Å². The molecule has 0 aliphatic heterocycles. The van der Waals surface area contributed by atoms with Crippen molar-refractivity contribution in [1.82, 2.24) is 19.9 Å². The fourth-order valence-corrected chi connectivity index (χ4v) is 3.29. The zero-order chi connectivity index (χ0) is 18.8. The van der Waals surface area contributed by atoms with E-state index in [1.807, 2.05) is 37.3 Å². The van der Waals surface area contributed by atoms with E-state index >= 15 is 0 Å². The van der Waals surface area contributed by atoms with Gasteiger partial charge in [-0.25, -0.2) is 19.9 Å². The van der Waals surface area contributed by atoms with Gasteiger partial charge in [-0.3, -0.25) is 10.1 Å². The van der Waals surface area contributed by atoms with Crippen molar-refractivity contribution in [1.29, 1.82) is 0 Å². The molecule has 0 bridgehead atoms. The molecule has 0 atom stereocenters. The Hall–Kier alpha value is -3.66. The van der Waals surface area contributed by atoms with Crippen LogP contribution < -0.4 is 10.6 Å². The van der Waals surface area contributed by atoms with Gasteiger partial charge in [0, 0.05) is 6.20 Å². The van der Waals surface area contributed by atoms with E-state index in [9.17, 15) is 10.1 Å². The SMILES string of the molecule is Cc1ccc(Nc2ncnc(Nc3nc4ccccc4s3)c2[N+](=O)[O-])nc1. The minimum absolute atomic E-state index is 0.0509. The number of rotatable bonds is 5. The normalized spacial score (nSPS) is 10.7. The summed E-state index contributed by atoms with van der Waals surface area (Å²) in [6.07, 6.45) is 2.91. The molecule has 2 N–H and O–H groups in total. The van der Waals surface area contributed by atoms with E-state index in [0.717, 1.165) is 15.8 Å². The predicted molar refractivity (Wildman–Crippen MR) is 104 cm³/mol. The van der Waals surface area contributed by atoms with E-state index < -0.39 is 4.92 Å². The third-order valence-electron chi connectivity index (χ3n) is 3.68. The van der Waals surface area contributed by atoms with E-state index in [1.54, 1.807) is 12.3 Å². The summed E-state index contributed by atoms with van der Waals surface area (Å²) in [6, 6.07) is 11.2. The van der Waals surface area contributed by atoms with Crippen LogP contribution in [0.15, 0.2) is 48.9 Å². The highest BCUT2D eigenvalue weighted by Crippen LogP contribution is 2.34. The van der Waals surface area contributed by atoms with Crippen molar-refractivity contribution in [3.63, 3.8) is 0 Å². The van der Waals surface area contributed by atoms with Crippen LogP contribution in [0.2, 0.25) is 0 Å². The molecule has 3 aromatic heterocycles. The Balaban J connectivity index is 1.69. The van der Waals surface area contributed by atoms with Gasteiger partial charge >= 0.3 is 5.69 Å². The Labute approximate surface area is 157 Å². The second kappa shape index (κ2) is 6.92. The van der Waals surface area contributed by atoms with Crippen LogP contribution in [-0.2, 0) is 0 Å². The Morgan fingerprint density at radius 1 is 1.04 bits per heavy atom. The number of benzene rings is 1. The maximum Gasteiger partial charge on any atom is 0.354 e. The third-order valence-corrected chi connectivity index (χ3v) is 4.63. The molecule has 4 aromatic rings. The molecule has 0 fully saturated rings. The first-order valence-corrected chi connectivity index (χ1v) is 8.73. The summed E-state index contributed by atoms with van der Waals surface area (Å²) in [5, 5.41) is 18.0. The molecule has 27 heavy (non-hydrogen) atoms. The van der Waals surface area contributed by atoms with Crippen LogP contribution in [0.5, 0.6) is 0 Å². The Morgan fingerprint density at radius 3 is 2.52 bits per heavy atom. The topological polar surface area (TPSA) is 119 Å². The van der Waals surface area contributed by atoms with Crippen molar-refractivity contribution in [3.05, 3.63) is 64.6 Å². The van der Waals surface area contributed by atoms with Gasteiger partial charge in [-0.05, 0) is 30.7 Å². The molecule has 3 heterocycles. The number of pyridine rings is 1. The molecule has 0 spiro atoms. The number of nitro groups is 1. The highest BCUT2D eigenvalue weighted by molar-refractivity contribution is 7.22. The van der Waals surface area contributed by atoms with Gasteiger partial charge in [-0.2, -0.15) is 0 Å². The summed E-state index contributed by atoms with van der Waals surface area (Å²) in [7, 11) is 0. The first-order chi connectivity index (χ1) is 13.1. The minimum atomic E-state index is -0.536. The summed E-state index contributed by atoms with van der Waals surface area (Å²) in [5.74, 6) is 0.562. The maximum absolute atomic E-state index is 11.7. The first-order valence-electron chi connectivity index (χ1n) is 7.92. The van der Waals surface area contributed by atoms with Gasteiger partial charge in [0.1, 0.15) is 12.1 Å². The minimum Gasteiger partial charge on any atom is -0.319 e. The average molecular weight is 379 g/mol. The van der Waals surface area contributed by atoms with Crippen LogP contribution in [0.4, 0.5) is 28.3 Å². The summed E-state index contributed by atoms with van der Waals surface area (Å²) >= 11 is 1.39. The number of aryl methyl sites for hydroxylation is 1. The molecule has 0 radical (unpaired) electrons. The van der Waals surface area contributed by atoms with Gasteiger partial charge in [-0.15, -0.1) is 0 Å². The summed E-state index contributed by atoms with van der Waals surface area (Å²) in [6.45, 7) is 1.91. The van der Waals surface area contributed by atoms with E-state index in [-0.39, 0.29) is 17.3 Å². The van der Waals surface area contributed by atoms with Gasteiger partial charge in [0.25, 0.3) is 0 Å². The molecular weight excluding hydrogens is 366 g/mol. The molecule has 0 unspecified atom stereocenters. The molecule has 10 heteroatoms. The van der Waals surface area contributed by atoms with Crippen molar-refractivity contribution >= 4 is 49.8 Å². The molecule has 0 aliphatic rings. The molecule has 9 nitrogen and oxygen atoms in total. The largest absolute Gasteiger partial charge is 0.354 e. The highest BCUT2D eigenvalue weighted by atomic mass is 32.1. The Kier molecular flexibility index (Phi) is 4.30. The molecule has 0 saturated carbocycles. The first kappa shape index (κ1) is 16.8. The van der Waals surface area contributed by atoms with Crippen molar-refractivity contribution < 1.29 is 4.92 Å². The maximum atomic E-state index is 11.7. The summed E-state index contributed by atoms with van der Waals surface area (Å²) in [5.41, 5.74) is 1.51. The number of nitrogens with one attached hydrogen (secondary N) is 2. The molecule has 0 saturated heterocycles. The molecule has 0 aliphatic carbocycles. The van der Waals surface area contributed by atoms with E-state index in [0.29, 0.717) is 10.9 Å². The second-order valence-electron chi connectivity index (χ2n) is 5.63. The number of anilines is 4. The smallest absolute Gasteiger partial charge is 0.319 e. The summed E-state index contributed by atoms with van der Waals surface area (Å²) in [4.78, 5) is 27.8. The lowest BCUT2D eigenvalue weighted by molar-refractivity contribution is -0.383. The molecule has 4 rings (SSSR count). The van der Waals surface area contributed by atoms with Crippen molar-refractivity contribution in [3.8, 4) is 0 Å². The number of para-hydroxylation sites is 1. The van der Waals surface area contributed by atoms with E-state index in [4.69, 9.17) is 0 Å². The van der Waals surface area contributed by atoms with Gasteiger partial charge in [0.05, 0.1) is 15.1 Å². The van der Waals surface area contributed by atoms with Gasteiger partial charge in [0.15, 0.2) is 5.13 Å². The third kappa shape index (κ3) is 3.51. The Bertz CT molecular complexity index is 1090. The van der Waals surface area contributed by atoms with E-state index in [1.165, 1.54) is 17.7 Å². The van der Waals surface area contributed by atoms with E-state index in [2.05, 4.69) is 30.6 Å². The van der Waals surface area contributed by atoms with Crippen LogP contribution in [0, 0.1) is 17.0 Å². The van der Waals surface area contributed by atoms with Gasteiger partial charge < -0.3 is 10.6 Å². The molecular formula is C17H13N7O2S. The van der Waals surface area contributed by atoms with Crippen LogP contribution in [-0.4, -0.2) is 24.9 Å². The fourth-order valence-electron chi connectivity index (χ4n) is 2.42. The number of hydrogen-bond acceptors (Lipinski definition) is 9. The monoisotopic (exact) mass is 379 g/mol. The molecule has 1 aromatic carbocycles. The van der Waals surface area contributed by atoms with Crippen LogP contribution >= 0.6 is 11.3 Å². The zero-order valence-electron chi connectivity index (χ0n) is 14.1. The van der Waals surface area contributed by atoms with Crippen LogP contribution in [0.1, 0.15) is 5.56 Å².